The Morgan fingerprint density at radius 2 is 1.55 bits per heavy atom. The molecule has 0 unspecified atom stereocenters. The number of phenols is 2. The average Bonchev–Trinajstić information content (AvgIpc) is 2.91. The summed E-state index contributed by atoms with van der Waals surface area (Å²) < 4.78 is 38.1. The molecule has 1 heterocycles. The lowest BCUT2D eigenvalue weighted by Crippen LogP contribution is -2.20. The van der Waals surface area contributed by atoms with Crippen molar-refractivity contribution in [2.75, 3.05) is 20.1 Å². The highest BCUT2D eigenvalue weighted by Crippen LogP contribution is 2.45. The number of hydrogen-bond donors (Lipinski definition) is 4. The Hall–Kier alpha value is -3.18. The van der Waals surface area contributed by atoms with Crippen LogP contribution in [0.4, 0.5) is 13.2 Å². The van der Waals surface area contributed by atoms with Gasteiger partial charge in [-0.15, -0.1) is 0 Å². The first-order chi connectivity index (χ1) is 15.4. The Labute approximate surface area is 191 Å². The number of rotatable bonds is 4. The highest BCUT2D eigenvalue weighted by Gasteiger charge is 2.30. The number of benzene rings is 2. The van der Waals surface area contributed by atoms with Gasteiger partial charge >= 0.3 is 18.1 Å². The van der Waals surface area contributed by atoms with Gasteiger partial charge in [0.2, 0.25) is 0 Å². The minimum absolute atomic E-state index is 0.197. The van der Waals surface area contributed by atoms with Gasteiger partial charge in [0.15, 0.2) is 11.5 Å². The molecule has 1 aliphatic rings. The van der Waals surface area contributed by atoms with E-state index in [1.807, 2.05) is 7.05 Å². The molecule has 0 saturated heterocycles. The number of alkyl halides is 3. The number of hydrogen-bond acceptors (Lipinski definition) is 6. The highest BCUT2D eigenvalue weighted by atomic mass is 32.2. The van der Waals surface area contributed by atoms with E-state index in [0.29, 0.717) is 28.4 Å². The van der Waals surface area contributed by atoms with Gasteiger partial charge in [-0.05, 0) is 61.3 Å². The number of carboxylic acid groups (broad SMARTS) is 2. The molecular weight excluding hydrogens is 463 g/mol. The van der Waals surface area contributed by atoms with E-state index in [9.17, 15) is 33.0 Å². The van der Waals surface area contributed by atoms with Crippen LogP contribution >= 0.6 is 11.8 Å². The Kier molecular flexibility index (Phi) is 8.77. The van der Waals surface area contributed by atoms with Crippen molar-refractivity contribution < 1.29 is 43.2 Å². The fraction of sp³-hybridized carbons (Fsp3) is 0.273. The molecule has 0 bridgehead atoms. The van der Waals surface area contributed by atoms with Crippen LogP contribution in [0.25, 0.3) is 0 Å². The zero-order chi connectivity index (χ0) is 24.8. The standard InChI is InChI=1S/C18H18F3NO2S.C4H4O4/c1-22-8-6-11-10-15(23)16(24)17(14(11)7-9-22)25-13-4-2-12(3-5-13)18(19,20)21;5-3(6)1-2-4(7)8/h2-5,10,23-24H,6-9H2,1H3;1-2H,(H,5,6)(H,7,8). The summed E-state index contributed by atoms with van der Waals surface area (Å²) in [6, 6.07) is 6.39. The van der Waals surface area contributed by atoms with Gasteiger partial charge in [0.25, 0.3) is 0 Å². The molecule has 0 saturated carbocycles. The number of carbonyl (C=O) groups is 2. The highest BCUT2D eigenvalue weighted by molar-refractivity contribution is 7.99. The predicted molar refractivity (Wildman–Crippen MR) is 115 cm³/mol. The third kappa shape index (κ3) is 7.72. The zero-order valence-electron chi connectivity index (χ0n) is 17.5. The van der Waals surface area contributed by atoms with Gasteiger partial charge in [0.1, 0.15) is 0 Å². The smallest absolute Gasteiger partial charge is 0.416 e. The summed E-state index contributed by atoms with van der Waals surface area (Å²) in [5, 5.41) is 35.9. The molecule has 33 heavy (non-hydrogen) atoms. The molecule has 0 fully saturated rings. The third-order valence-electron chi connectivity index (χ3n) is 4.71. The van der Waals surface area contributed by atoms with Gasteiger partial charge in [-0.1, -0.05) is 11.8 Å². The third-order valence-corrected chi connectivity index (χ3v) is 5.86. The van der Waals surface area contributed by atoms with E-state index in [1.165, 1.54) is 23.9 Å². The van der Waals surface area contributed by atoms with Crippen LogP contribution in [-0.4, -0.2) is 57.4 Å². The van der Waals surface area contributed by atoms with Crippen LogP contribution in [-0.2, 0) is 28.6 Å². The molecule has 0 atom stereocenters. The van der Waals surface area contributed by atoms with Crippen molar-refractivity contribution in [3.8, 4) is 11.5 Å². The molecule has 0 radical (unpaired) electrons. The van der Waals surface area contributed by atoms with Gasteiger partial charge in [0, 0.05) is 30.1 Å². The van der Waals surface area contributed by atoms with Crippen LogP contribution in [0.15, 0.2) is 52.3 Å². The van der Waals surface area contributed by atoms with Crippen molar-refractivity contribution >= 4 is 23.7 Å². The predicted octanol–water partition coefficient (Wildman–Crippen LogP) is 4.01. The Morgan fingerprint density at radius 3 is 2.06 bits per heavy atom. The molecule has 0 spiro atoms. The number of carboxylic acids is 2. The maximum absolute atomic E-state index is 12.7. The Morgan fingerprint density at radius 1 is 1.00 bits per heavy atom. The lowest BCUT2D eigenvalue weighted by atomic mass is 10.0. The molecule has 4 N–H and O–H groups in total. The van der Waals surface area contributed by atoms with E-state index in [2.05, 4.69) is 4.90 Å². The summed E-state index contributed by atoms with van der Waals surface area (Å²) in [6.07, 6.45) is -1.80. The first-order valence-corrected chi connectivity index (χ1v) is 10.4. The molecule has 11 heteroatoms. The summed E-state index contributed by atoms with van der Waals surface area (Å²) in [7, 11) is 2.01. The van der Waals surface area contributed by atoms with Crippen LogP contribution in [0.2, 0.25) is 0 Å². The lowest BCUT2D eigenvalue weighted by molar-refractivity contribution is -0.137. The van der Waals surface area contributed by atoms with Gasteiger partial charge in [-0.2, -0.15) is 13.2 Å². The van der Waals surface area contributed by atoms with Crippen molar-refractivity contribution in [1.82, 2.24) is 4.90 Å². The second kappa shape index (κ2) is 11.1. The molecular formula is C22H22F3NO6S. The van der Waals surface area contributed by atoms with Crippen molar-refractivity contribution in [2.45, 2.75) is 28.8 Å². The largest absolute Gasteiger partial charge is 0.504 e. The summed E-state index contributed by atoms with van der Waals surface area (Å²) in [6.45, 7) is 1.67. The minimum Gasteiger partial charge on any atom is -0.504 e. The fourth-order valence-corrected chi connectivity index (χ4v) is 4.10. The van der Waals surface area contributed by atoms with Gasteiger partial charge < -0.3 is 25.3 Å². The molecule has 7 nitrogen and oxygen atoms in total. The first-order valence-electron chi connectivity index (χ1n) is 9.62. The second-order valence-corrected chi connectivity index (χ2v) is 8.23. The topological polar surface area (TPSA) is 118 Å². The number of likely N-dealkylation sites (N-methyl/N-ethyl adjacent to an activating group) is 1. The monoisotopic (exact) mass is 485 g/mol. The quantitative estimate of drug-likeness (QED) is 0.379. The lowest BCUT2D eigenvalue weighted by Gasteiger charge is -2.15. The van der Waals surface area contributed by atoms with Crippen molar-refractivity contribution in [1.29, 1.82) is 0 Å². The molecule has 178 valence electrons. The first kappa shape index (κ1) is 26.1. The maximum Gasteiger partial charge on any atom is 0.416 e. The van der Waals surface area contributed by atoms with E-state index in [1.54, 1.807) is 6.07 Å². The molecule has 2 aromatic rings. The van der Waals surface area contributed by atoms with Crippen LogP contribution < -0.4 is 0 Å². The molecule has 0 amide bonds. The summed E-state index contributed by atoms with van der Waals surface area (Å²) >= 11 is 1.18. The van der Waals surface area contributed by atoms with E-state index in [-0.39, 0.29) is 11.5 Å². The number of halogens is 3. The summed E-state index contributed by atoms with van der Waals surface area (Å²) in [4.78, 5) is 22.4. The van der Waals surface area contributed by atoms with Crippen molar-refractivity contribution in [3.63, 3.8) is 0 Å². The molecule has 0 aromatic heterocycles. The maximum atomic E-state index is 12.7. The Balaban J connectivity index is 0.000000414. The fourth-order valence-electron chi connectivity index (χ4n) is 3.03. The average molecular weight is 485 g/mol. The number of aliphatic carboxylic acids is 2. The van der Waals surface area contributed by atoms with Crippen molar-refractivity contribution in [2.24, 2.45) is 0 Å². The molecule has 2 aromatic carbocycles. The van der Waals surface area contributed by atoms with E-state index in [0.717, 1.165) is 42.8 Å². The van der Waals surface area contributed by atoms with E-state index in [4.69, 9.17) is 10.2 Å². The van der Waals surface area contributed by atoms with Crippen LogP contribution in [0.3, 0.4) is 0 Å². The minimum atomic E-state index is -4.38. The van der Waals surface area contributed by atoms with Crippen LogP contribution in [0.5, 0.6) is 11.5 Å². The van der Waals surface area contributed by atoms with Crippen molar-refractivity contribution in [3.05, 3.63) is 59.2 Å². The summed E-state index contributed by atoms with van der Waals surface area (Å²) in [5.41, 5.74) is 1.20. The van der Waals surface area contributed by atoms with Gasteiger partial charge in [0.05, 0.1) is 10.5 Å². The van der Waals surface area contributed by atoms with Gasteiger partial charge in [-0.3, -0.25) is 0 Å². The van der Waals surface area contributed by atoms with E-state index >= 15 is 0 Å². The number of phenolic OH excluding ortho intramolecular Hbond substituents is 2. The SMILES string of the molecule is CN1CCc2cc(O)c(O)c(Sc3ccc(C(F)(F)F)cc3)c2CC1.O=C(O)C=CC(=O)O. The number of nitrogens with zero attached hydrogens (tertiary/aromatic N) is 1. The Bertz CT molecular complexity index is 1020. The number of aromatic hydroxyl groups is 2. The molecule has 1 aliphatic heterocycles. The van der Waals surface area contributed by atoms with Crippen LogP contribution in [0, 0.1) is 0 Å². The van der Waals surface area contributed by atoms with Crippen LogP contribution in [0.1, 0.15) is 16.7 Å². The van der Waals surface area contributed by atoms with Gasteiger partial charge in [-0.25, -0.2) is 9.59 Å². The number of fused-ring (bicyclic) bond motifs is 1. The zero-order valence-corrected chi connectivity index (χ0v) is 18.3. The van der Waals surface area contributed by atoms with E-state index < -0.39 is 23.7 Å². The molecule has 3 rings (SSSR count). The summed E-state index contributed by atoms with van der Waals surface area (Å²) in [5.74, 6) is -2.93. The molecule has 0 aliphatic carbocycles. The normalized spacial score (nSPS) is 14.2. The second-order valence-electron chi connectivity index (χ2n) is 7.15.